The van der Waals surface area contributed by atoms with Crippen LogP contribution in [0.3, 0.4) is 0 Å². The van der Waals surface area contributed by atoms with Crippen LogP contribution in [0.4, 0.5) is 0 Å². The first-order valence-corrected chi connectivity index (χ1v) is 11.3. The molecule has 1 aromatic heterocycles. The molecule has 0 saturated carbocycles. The van der Waals surface area contributed by atoms with E-state index in [-0.39, 0.29) is 33.4 Å². The average molecular weight is 447 g/mol. The lowest BCUT2D eigenvalue weighted by Gasteiger charge is -2.31. The minimum Gasteiger partial charge on any atom is -0.507 e. The molecule has 0 radical (unpaired) electrons. The number of phenolic OH excluding ortho intramolecular Hbond substituents is 2. The van der Waals surface area contributed by atoms with Crippen LogP contribution in [0.2, 0.25) is 0 Å². The molecule has 5 heteroatoms. The highest BCUT2D eigenvalue weighted by Crippen LogP contribution is 2.42. The lowest BCUT2D eigenvalue weighted by atomic mass is 9.93. The molecule has 2 N–H and O–H groups in total. The Morgan fingerprint density at radius 3 is 2.61 bits per heavy atom. The summed E-state index contributed by atoms with van der Waals surface area (Å²) >= 11 is 0. The summed E-state index contributed by atoms with van der Waals surface area (Å²) < 4.78 is 12.2. The largest absolute Gasteiger partial charge is 0.507 e. The predicted molar refractivity (Wildman–Crippen MR) is 133 cm³/mol. The molecule has 0 unspecified atom stereocenters. The Morgan fingerprint density at radius 1 is 1.06 bits per heavy atom. The van der Waals surface area contributed by atoms with E-state index >= 15 is 0 Å². The van der Waals surface area contributed by atoms with Crippen LogP contribution in [0.25, 0.3) is 28.0 Å². The second-order valence-electron chi connectivity index (χ2n) is 9.25. The molecule has 0 saturated heterocycles. The quantitative estimate of drug-likeness (QED) is 0.315. The monoisotopic (exact) mass is 446 g/mol. The number of hydrogen-bond acceptors (Lipinski definition) is 5. The second kappa shape index (κ2) is 8.81. The van der Waals surface area contributed by atoms with Crippen molar-refractivity contribution in [2.75, 3.05) is 0 Å². The molecule has 4 rings (SSSR count). The minimum atomic E-state index is -0.552. The third kappa shape index (κ3) is 4.54. The molecule has 2 heterocycles. The third-order valence-electron chi connectivity index (χ3n) is 6.10. The third-order valence-corrected chi connectivity index (χ3v) is 6.10. The van der Waals surface area contributed by atoms with Crippen LogP contribution < -0.4 is 10.2 Å². The number of fused-ring (bicyclic) bond motifs is 4. The summed E-state index contributed by atoms with van der Waals surface area (Å²) in [5, 5.41) is 21.1. The first-order chi connectivity index (χ1) is 15.7. The smallest absolute Gasteiger partial charge is 0.204 e. The molecule has 1 aliphatic heterocycles. The highest BCUT2D eigenvalue weighted by atomic mass is 16.5. The van der Waals surface area contributed by atoms with E-state index in [1.165, 1.54) is 23.3 Å². The summed E-state index contributed by atoms with van der Waals surface area (Å²) in [6.07, 6.45) is 12.1. The number of hydrogen-bond donors (Lipinski definition) is 2. The van der Waals surface area contributed by atoms with Crippen molar-refractivity contribution >= 4 is 28.0 Å². The van der Waals surface area contributed by atoms with Gasteiger partial charge in [0.25, 0.3) is 0 Å². The molecule has 3 aromatic rings. The van der Waals surface area contributed by atoms with E-state index in [1.54, 1.807) is 12.1 Å². The number of benzene rings is 2. The number of para-hydroxylation sites is 1. The molecule has 0 spiro atoms. The summed E-state index contributed by atoms with van der Waals surface area (Å²) in [5.41, 5.74) is 2.63. The zero-order valence-electron chi connectivity index (χ0n) is 19.6. The Bertz CT molecular complexity index is 1370. The van der Waals surface area contributed by atoms with Gasteiger partial charge in [0.2, 0.25) is 5.43 Å². The fourth-order valence-electron chi connectivity index (χ4n) is 4.23. The summed E-state index contributed by atoms with van der Waals surface area (Å²) in [6.45, 7) is 8.38. The van der Waals surface area contributed by atoms with Crippen LogP contribution in [0, 0.1) is 0 Å². The van der Waals surface area contributed by atoms with Crippen LogP contribution in [0.15, 0.2) is 62.9 Å². The molecule has 172 valence electrons. The van der Waals surface area contributed by atoms with Gasteiger partial charge in [-0.15, -0.1) is 0 Å². The molecule has 33 heavy (non-hydrogen) atoms. The average Bonchev–Trinajstić information content (AvgIpc) is 2.74. The summed E-state index contributed by atoms with van der Waals surface area (Å²) in [7, 11) is 0. The zero-order chi connectivity index (χ0) is 23.8. The van der Waals surface area contributed by atoms with E-state index in [1.807, 2.05) is 19.1 Å². The molecule has 2 aromatic carbocycles. The van der Waals surface area contributed by atoms with Gasteiger partial charge in [-0.25, -0.2) is 0 Å². The van der Waals surface area contributed by atoms with E-state index in [0.29, 0.717) is 11.3 Å². The van der Waals surface area contributed by atoms with Gasteiger partial charge in [0.1, 0.15) is 22.5 Å². The van der Waals surface area contributed by atoms with Crippen molar-refractivity contribution in [3.63, 3.8) is 0 Å². The van der Waals surface area contributed by atoms with E-state index in [9.17, 15) is 15.0 Å². The molecular formula is C28H30O5. The molecule has 0 fully saturated rings. The van der Waals surface area contributed by atoms with Gasteiger partial charge < -0.3 is 19.4 Å². The standard InChI is InChI=1S/C28H30O5/c1-17(2)8-5-9-18(3)10-7-14-28(4)15-13-19-23(33-28)16-22(30)24-25(31)20-11-6-12-21(29)26(20)32-27(19)24/h6,8,10-13,15-16,29-30H,5,7,9,14H2,1-4H3/b18-10+/t28-/m1/s1. The number of aromatic hydroxyl groups is 2. The van der Waals surface area contributed by atoms with Gasteiger partial charge >= 0.3 is 0 Å². The van der Waals surface area contributed by atoms with Gasteiger partial charge in [0, 0.05) is 6.07 Å². The topological polar surface area (TPSA) is 79.9 Å². The van der Waals surface area contributed by atoms with E-state index in [0.717, 1.165) is 25.7 Å². The lowest BCUT2D eigenvalue weighted by molar-refractivity contribution is 0.128. The van der Waals surface area contributed by atoms with Crippen LogP contribution in [0.1, 0.15) is 58.9 Å². The Balaban J connectivity index is 1.63. The van der Waals surface area contributed by atoms with Crippen molar-refractivity contribution < 1.29 is 19.4 Å². The Hall–Kier alpha value is -3.47. The van der Waals surface area contributed by atoms with Crippen molar-refractivity contribution in [1.29, 1.82) is 0 Å². The number of allylic oxidation sites excluding steroid dienone is 4. The normalized spacial score (nSPS) is 17.8. The maximum atomic E-state index is 13.0. The maximum absolute atomic E-state index is 13.0. The van der Waals surface area contributed by atoms with Crippen molar-refractivity contribution in [1.82, 2.24) is 0 Å². The molecular weight excluding hydrogens is 416 g/mol. The molecule has 5 nitrogen and oxygen atoms in total. The highest BCUT2D eigenvalue weighted by Gasteiger charge is 2.30. The Morgan fingerprint density at radius 2 is 1.85 bits per heavy atom. The Labute approximate surface area is 193 Å². The lowest BCUT2D eigenvalue weighted by Crippen LogP contribution is -2.31. The van der Waals surface area contributed by atoms with E-state index < -0.39 is 11.0 Å². The first kappa shape index (κ1) is 22.7. The van der Waals surface area contributed by atoms with Gasteiger partial charge in [0.15, 0.2) is 16.9 Å². The predicted octanol–water partition coefficient (Wildman–Crippen LogP) is 6.99. The molecule has 0 aliphatic carbocycles. The first-order valence-electron chi connectivity index (χ1n) is 11.3. The molecule has 1 aliphatic rings. The van der Waals surface area contributed by atoms with Gasteiger partial charge in [-0.2, -0.15) is 0 Å². The van der Waals surface area contributed by atoms with Crippen molar-refractivity contribution in [2.45, 2.75) is 59.0 Å². The summed E-state index contributed by atoms with van der Waals surface area (Å²) in [6, 6.07) is 6.08. The van der Waals surface area contributed by atoms with Gasteiger partial charge in [0.05, 0.1) is 10.9 Å². The second-order valence-corrected chi connectivity index (χ2v) is 9.25. The Kier molecular flexibility index (Phi) is 6.07. The maximum Gasteiger partial charge on any atom is 0.204 e. The van der Waals surface area contributed by atoms with E-state index in [2.05, 4.69) is 32.9 Å². The van der Waals surface area contributed by atoms with Crippen molar-refractivity contribution in [3.8, 4) is 17.2 Å². The van der Waals surface area contributed by atoms with Gasteiger partial charge in [-0.1, -0.05) is 29.4 Å². The molecule has 1 atom stereocenters. The van der Waals surface area contributed by atoms with Crippen molar-refractivity contribution in [3.05, 3.63) is 69.4 Å². The molecule has 0 amide bonds. The van der Waals surface area contributed by atoms with E-state index in [4.69, 9.17) is 9.15 Å². The number of ether oxygens (including phenoxy) is 1. The molecule has 0 bridgehead atoms. The minimum absolute atomic E-state index is 0.0821. The van der Waals surface area contributed by atoms with Crippen LogP contribution in [-0.4, -0.2) is 15.8 Å². The zero-order valence-corrected chi connectivity index (χ0v) is 19.6. The number of phenols is 2. The fourth-order valence-corrected chi connectivity index (χ4v) is 4.23. The van der Waals surface area contributed by atoms with Gasteiger partial charge in [-0.3, -0.25) is 4.79 Å². The van der Waals surface area contributed by atoms with Crippen LogP contribution >= 0.6 is 0 Å². The van der Waals surface area contributed by atoms with Gasteiger partial charge in [-0.05, 0) is 77.7 Å². The van der Waals surface area contributed by atoms with Crippen LogP contribution in [-0.2, 0) is 0 Å². The van der Waals surface area contributed by atoms with Crippen LogP contribution in [0.5, 0.6) is 17.2 Å². The summed E-state index contributed by atoms with van der Waals surface area (Å²) in [5.74, 6) is 0.128. The SMILES string of the molecule is CC(C)=CCC/C(C)=C/CC[C@]1(C)C=Cc2c(cc(O)c3c(=O)c4cccc(O)c4oc23)O1. The summed E-state index contributed by atoms with van der Waals surface area (Å²) in [4.78, 5) is 13.0. The fraction of sp³-hybridized carbons (Fsp3) is 0.321. The number of rotatable bonds is 6. The highest BCUT2D eigenvalue weighted by molar-refractivity contribution is 6.00. The van der Waals surface area contributed by atoms with Crippen molar-refractivity contribution in [2.24, 2.45) is 0 Å².